The summed E-state index contributed by atoms with van der Waals surface area (Å²) in [6.07, 6.45) is 2.55. The molecule has 1 aliphatic heterocycles. The molecule has 1 fully saturated rings. The van der Waals surface area contributed by atoms with Crippen molar-refractivity contribution in [3.05, 3.63) is 81.7 Å². The first kappa shape index (κ1) is 23.6. The van der Waals surface area contributed by atoms with Crippen molar-refractivity contribution in [1.82, 2.24) is 14.7 Å². The smallest absolute Gasteiger partial charge is 0.256 e. The highest BCUT2D eigenvalue weighted by Gasteiger charge is 2.16. The van der Waals surface area contributed by atoms with E-state index in [1.54, 1.807) is 0 Å². The predicted molar refractivity (Wildman–Crippen MR) is 140 cm³/mol. The van der Waals surface area contributed by atoms with Crippen molar-refractivity contribution in [1.29, 1.82) is 0 Å². The van der Waals surface area contributed by atoms with Crippen molar-refractivity contribution < 1.29 is 9.21 Å². The summed E-state index contributed by atoms with van der Waals surface area (Å²) in [5.41, 5.74) is 4.57. The van der Waals surface area contributed by atoms with Gasteiger partial charge < -0.3 is 9.73 Å². The molecule has 0 bridgehead atoms. The second-order valence-electron chi connectivity index (χ2n) is 9.75. The molecule has 2 aromatic carbocycles. The maximum absolute atomic E-state index is 12.8. The zero-order chi connectivity index (χ0) is 24.5. The van der Waals surface area contributed by atoms with Crippen LogP contribution in [0.5, 0.6) is 0 Å². The van der Waals surface area contributed by atoms with E-state index < -0.39 is 0 Å². The van der Waals surface area contributed by atoms with E-state index in [0.717, 1.165) is 47.6 Å². The molecule has 7 heteroatoms. The fourth-order valence-electron chi connectivity index (χ4n) is 4.65. The lowest BCUT2D eigenvalue weighted by Crippen LogP contribution is -2.18. The van der Waals surface area contributed by atoms with Gasteiger partial charge in [0.15, 0.2) is 5.82 Å². The number of hydrogen-bond donors (Lipinski definition) is 1. The van der Waals surface area contributed by atoms with E-state index in [2.05, 4.69) is 29.2 Å². The number of carbonyl (C=O) groups is 1. The summed E-state index contributed by atoms with van der Waals surface area (Å²) in [6.45, 7) is 9.93. The third-order valence-corrected chi connectivity index (χ3v) is 6.83. The van der Waals surface area contributed by atoms with Crippen LogP contribution in [-0.4, -0.2) is 33.7 Å². The van der Waals surface area contributed by atoms with Crippen LogP contribution in [0.15, 0.2) is 52.9 Å². The maximum atomic E-state index is 12.8. The number of aromatic nitrogens is 2. The quantitative estimate of drug-likeness (QED) is 0.316. The number of fused-ring (bicyclic) bond motifs is 1. The molecule has 0 atom stereocenters. The van der Waals surface area contributed by atoms with E-state index in [1.807, 2.05) is 60.1 Å². The minimum Gasteiger partial charge on any atom is -0.460 e. The van der Waals surface area contributed by atoms with E-state index in [0.29, 0.717) is 22.9 Å². The Balaban J connectivity index is 1.29. The molecule has 0 spiro atoms. The fraction of sp³-hybridized carbons (Fsp3) is 0.357. The van der Waals surface area contributed by atoms with Crippen LogP contribution >= 0.6 is 11.6 Å². The van der Waals surface area contributed by atoms with Gasteiger partial charge in [0.25, 0.3) is 5.91 Å². The van der Waals surface area contributed by atoms with Crippen molar-refractivity contribution in [2.24, 2.45) is 0 Å². The average Bonchev–Trinajstić information content (AvgIpc) is 3.55. The normalized spacial score (nSPS) is 14.3. The number of carbonyl (C=O) groups excluding carboxylic acids is 1. The van der Waals surface area contributed by atoms with Crippen molar-refractivity contribution >= 4 is 34.3 Å². The average molecular weight is 491 g/mol. The van der Waals surface area contributed by atoms with Gasteiger partial charge in [0.05, 0.1) is 6.54 Å². The second-order valence-corrected chi connectivity index (χ2v) is 10.2. The van der Waals surface area contributed by atoms with E-state index in [1.165, 1.54) is 18.4 Å². The number of nitrogens with one attached hydrogen (secondary N) is 1. The molecule has 5 rings (SSSR count). The molecule has 1 aliphatic rings. The molecule has 0 unspecified atom stereocenters. The van der Waals surface area contributed by atoms with Gasteiger partial charge >= 0.3 is 0 Å². The first-order valence-electron chi connectivity index (χ1n) is 12.2. The Morgan fingerprint density at radius 3 is 2.54 bits per heavy atom. The molecular formula is C28H31ClN4O2. The summed E-state index contributed by atoms with van der Waals surface area (Å²) < 4.78 is 7.99. The summed E-state index contributed by atoms with van der Waals surface area (Å²) in [5.74, 6) is 1.58. The Morgan fingerprint density at radius 1 is 1.09 bits per heavy atom. The Labute approximate surface area is 210 Å². The molecule has 3 heterocycles. The molecule has 1 amide bonds. The topological polar surface area (TPSA) is 63.3 Å². The first-order valence-corrected chi connectivity index (χ1v) is 12.6. The second kappa shape index (κ2) is 9.88. The van der Waals surface area contributed by atoms with Crippen LogP contribution in [0.4, 0.5) is 5.82 Å². The van der Waals surface area contributed by atoms with Crippen LogP contribution in [0.25, 0.3) is 11.0 Å². The number of rotatable bonds is 7. The molecule has 4 aromatic rings. The third kappa shape index (κ3) is 5.29. The van der Waals surface area contributed by atoms with E-state index in [4.69, 9.17) is 16.0 Å². The summed E-state index contributed by atoms with van der Waals surface area (Å²) in [4.78, 5) is 15.3. The van der Waals surface area contributed by atoms with Crippen molar-refractivity contribution in [2.45, 2.75) is 52.6 Å². The number of benzene rings is 2. The lowest BCUT2D eigenvalue weighted by molar-refractivity contribution is 0.102. The van der Waals surface area contributed by atoms with E-state index in [9.17, 15) is 4.79 Å². The predicted octanol–water partition coefficient (Wildman–Crippen LogP) is 6.61. The number of halogens is 1. The molecule has 35 heavy (non-hydrogen) atoms. The fourth-order valence-corrected chi connectivity index (χ4v) is 4.90. The van der Waals surface area contributed by atoms with Crippen molar-refractivity contribution in [3.63, 3.8) is 0 Å². The van der Waals surface area contributed by atoms with Gasteiger partial charge in [-0.25, -0.2) is 0 Å². The summed E-state index contributed by atoms with van der Waals surface area (Å²) in [7, 11) is 0. The van der Waals surface area contributed by atoms with Gasteiger partial charge in [0.2, 0.25) is 0 Å². The van der Waals surface area contributed by atoms with Crippen LogP contribution in [0.3, 0.4) is 0 Å². The Hall–Kier alpha value is -3.09. The highest BCUT2D eigenvalue weighted by molar-refractivity contribution is 6.31. The number of amides is 1. The van der Waals surface area contributed by atoms with Crippen LogP contribution in [-0.2, 0) is 13.1 Å². The molecule has 0 aliphatic carbocycles. The summed E-state index contributed by atoms with van der Waals surface area (Å²) >= 11 is 6.39. The van der Waals surface area contributed by atoms with Gasteiger partial charge in [0.1, 0.15) is 11.3 Å². The Morgan fingerprint density at radius 2 is 1.83 bits per heavy atom. The number of nitrogens with zero attached hydrogens (tertiary/aromatic N) is 3. The minimum absolute atomic E-state index is 0.167. The lowest BCUT2D eigenvalue weighted by Gasteiger charge is -2.14. The Bertz CT molecular complexity index is 1350. The van der Waals surface area contributed by atoms with Crippen molar-refractivity contribution in [3.8, 4) is 0 Å². The molecule has 1 saturated heterocycles. The summed E-state index contributed by atoms with van der Waals surface area (Å²) in [5, 5.41) is 9.21. The van der Waals surface area contributed by atoms with Crippen LogP contribution in [0, 0.1) is 6.92 Å². The number of aryl methyl sites for hydroxylation is 1. The monoisotopic (exact) mass is 490 g/mol. The maximum Gasteiger partial charge on any atom is 0.256 e. The molecule has 6 nitrogen and oxygen atoms in total. The van der Waals surface area contributed by atoms with Crippen LogP contribution in [0.2, 0.25) is 5.02 Å². The van der Waals surface area contributed by atoms with E-state index in [-0.39, 0.29) is 11.8 Å². The number of hydrogen-bond acceptors (Lipinski definition) is 4. The largest absolute Gasteiger partial charge is 0.460 e. The molecule has 182 valence electrons. The van der Waals surface area contributed by atoms with Crippen LogP contribution in [0.1, 0.15) is 65.5 Å². The molecule has 0 saturated carbocycles. The van der Waals surface area contributed by atoms with E-state index >= 15 is 0 Å². The number of anilines is 1. The Kier molecular flexibility index (Phi) is 6.67. The molecule has 2 aromatic heterocycles. The van der Waals surface area contributed by atoms with Gasteiger partial charge in [-0.3, -0.25) is 14.4 Å². The van der Waals surface area contributed by atoms with Gasteiger partial charge in [-0.2, -0.15) is 5.10 Å². The standard InChI is InChI=1S/C28H31ClN4O2/c1-18(2)25-15-22-13-24(29)14-23(27(22)35-25)17-33-19(3)12-26(31-33)30-28(34)21-8-6-20(7-9-21)16-32-10-4-5-11-32/h6-9,12-15,18H,4-5,10-11,16-17H2,1-3H3,(H,30,31,34). The van der Waals surface area contributed by atoms with Gasteiger partial charge in [-0.1, -0.05) is 37.6 Å². The van der Waals surface area contributed by atoms with Crippen molar-refractivity contribution in [2.75, 3.05) is 18.4 Å². The zero-order valence-corrected chi connectivity index (χ0v) is 21.2. The number of furan rings is 1. The third-order valence-electron chi connectivity index (χ3n) is 6.61. The molecule has 0 radical (unpaired) electrons. The van der Waals surface area contributed by atoms with Crippen LogP contribution < -0.4 is 5.32 Å². The highest BCUT2D eigenvalue weighted by atomic mass is 35.5. The first-order chi connectivity index (χ1) is 16.9. The molecular weight excluding hydrogens is 460 g/mol. The summed E-state index contributed by atoms with van der Waals surface area (Å²) in [6, 6.07) is 15.6. The molecule has 1 N–H and O–H groups in total. The minimum atomic E-state index is -0.167. The van der Waals surface area contributed by atoms with Gasteiger partial charge in [-0.05, 0) is 68.8 Å². The SMILES string of the molecule is Cc1cc(NC(=O)c2ccc(CN3CCCC3)cc2)nn1Cc1cc(Cl)cc2cc(C(C)C)oc12. The van der Waals surface area contributed by atoms with Gasteiger partial charge in [-0.15, -0.1) is 0 Å². The van der Waals surface area contributed by atoms with Gasteiger partial charge in [0, 0.05) is 45.8 Å². The number of likely N-dealkylation sites (tertiary alicyclic amines) is 1. The lowest BCUT2D eigenvalue weighted by atomic mass is 10.1. The highest BCUT2D eigenvalue weighted by Crippen LogP contribution is 2.31. The zero-order valence-electron chi connectivity index (χ0n) is 20.5.